The van der Waals surface area contributed by atoms with Crippen LogP contribution < -0.4 is 15.8 Å². The predicted molar refractivity (Wildman–Crippen MR) is 76.1 cm³/mol. The normalized spacial score (nSPS) is 11.1. The summed E-state index contributed by atoms with van der Waals surface area (Å²) in [5.41, 5.74) is -0.165. The van der Waals surface area contributed by atoms with Gasteiger partial charge in [-0.25, -0.2) is 18.5 Å². The van der Waals surface area contributed by atoms with Crippen LogP contribution in [0.25, 0.3) is 0 Å². The zero-order chi connectivity index (χ0) is 15.2. The molecule has 9 nitrogen and oxygen atoms in total. The summed E-state index contributed by atoms with van der Waals surface area (Å²) in [6.07, 6.45) is 0.239. The third-order valence-corrected chi connectivity index (χ3v) is 3.18. The van der Waals surface area contributed by atoms with E-state index in [0.717, 1.165) is 0 Å². The highest BCUT2D eigenvalue weighted by atomic mass is 32.2. The lowest BCUT2D eigenvalue weighted by atomic mass is 10.3. The first kappa shape index (κ1) is 16.1. The highest BCUT2D eigenvalue weighted by Crippen LogP contribution is 2.23. The van der Waals surface area contributed by atoms with Crippen LogP contribution in [0.15, 0.2) is 12.1 Å². The van der Waals surface area contributed by atoms with E-state index in [1.165, 1.54) is 12.1 Å². The molecule has 0 fully saturated rings. The molecule has 0 aromatic carbocycles. The fourth-order valence-electron chi connectivity index (χ4n) is 1.49. The molecule has 0 saturated carbocycles. The van der Waals surface area contributed by atoms with Crippen molar-refractivity contribution in [3.8, 4) is 0 Å². The fourth-order valence-corrected chi connectivity index (χ4v) is 2.04. The Bertz CT molecular complexity index is 575. The van der Waals surface area contributed by atoms with Gasteiger partial charge >= 0.3 is 5.69 Å². The standard InChI is InChI=1S/C10H17N5O4S/c1-2-12-9-5-4-8(15(16)17)10(14-9)13-6-3-7-20(11,18)19/h4-5H,2-3,6-7H2,1H3,(H2,11,18,19)(H2,12,13,14). The summed E-state index contributed by atoms with van der Waals surface area (Å²) in [6.45, 7) is 2.73. The number of sulfonamides is 1. The SMILES string of the molecule is CCNc1ccc([N+](=O)[O-])c(NCCCS(N)(=O)=O)n1. The Labute approximate surface area is 116 Å². The summed E-state index contributed by atoms with van der Waals surface area (Å²) in [4.78, 5) is 14.4. The van der Waals surface area contributed by atoms with E-state index in [1.54, 1.807) is 0 Å². The average molecular weight is 303 g/mol. The maximum atomic E-state index is 10.9. The zero-order valence-corrected chi connectivity index (χ0v) is 11.8. The number of aromatic nitrogens is 1. The molecule has 0 aliphatic carbocycles. The lowest BCUT2D eigenvalue weighted by Crippen LogP contribution is -2.19. The van der Waals surface area contributed by atoms with Gasteiger partial charge in [0.15, 0.2) is 0 Å². The van der Waals surface area contributed by atoms with Crippen molar-refractivity contribution >= 4 is 27.3 Å². The Hall–Kier alpha value is -1.94. The number of hydrogen-bond donors (Lipinski definition) is 3. The topological polar surface area (TPSA) is 140 Å². The van der Waals surface area contributed by atoms with E-state index in [0.29, 0.717) is 12.4 Å². The van der Waals surface area contributed by atoms with Crippen LogP contribution in [-0.4, -0.2) is 37.2 Å². The zero-order valence-electron chi connectivity index (χ0n) is 11.0. The summed E-state index contributed by atoms with van der Waals surface area (Å²) in [5.74, 6) is 0.413. The number of nitrogens with two attached hydrogens (primary N) is 1. The Morgan fingerprint density at radius 2 is 2.10 bits per heavy atom. The lowest BCUT2D eigenvalue weighted by molar-refractivity contribution is -0.384. The van der Waals surface area contributed by atoms with E-state index >= 15 is 0 Å². The van der Waals surface area contributed by atoms with Gasteiger partial charge in [-0.2, -0.15) is 0 Å². The number of hydrogen-bond acceptors (Lipinski definition) is 7. The van der Waals surface area contributed by atoms with Gasteiger partial charge in [0.25, 0.3) is 0 Å². The molecule has 0 atom stereocenters. The van der Waals surface area contributed by atoms with Gasteiger partial charge in [0.1, 0.15) is 5.82 Å². The van der Waals surface area contributed by atoms with Crippen molar-refractivity contribution in [2.45, 2.75) is 13.3 Å². The Balaban J connectivity index is 2.74. The molecule has 20 heavy (non-hydrogen) atoms. The first-order valence-electron chi connectivity index (χ1n) is 5.97. The smallest absolute Gasteiger partial charge is 0.311 e. The number of rotatable bonds is 8. The van der Waals surface area contributed by atoms with E-state index in [1.807, 2.05) is 6.92 Å². The van der Waals surface area contributed by atoms with Crippen molar-refractivity contribution in [2.75, 3.05) is 29.5 Å². The molecule has 1 heterocycles. The quantitative estimate of drug-likeness (QED) is 0.361. The van der Waals surface area contributed by atoms with Crippen LogP contribution >= 0.6 is 0 Å². The van der Waals surface area contributed by atoms with Crippen LogP contribution in [0.5, 0.6) is 0 Å². The second-order valence-electron chi connectivity index (χ2n) is 4.00. The maximum absolute atomic E-state index is 10.9. The number of primary sulfonamides is 1. The minimum atomic E-state index is -3.53. The number of nitro groups is 1. The van der Waals surface area contributed by atoms with Crippen molar-refractivity contribution < 1.29 is 13.3 Å². The van der Waals surface area contributed by atoms with E-state index in [2.05, 4.69) is 15.6 Å². The van der Waals surface area contributed by atoms with E-state index in [-0.39, 0.29) is 30.2 Å². The molecular weight excluding hydrogens is 286 g/mol. The molecule has 0 radical (unpaired) electrons. The van der Waals surface area contributed by atoms with Gasteiger partial charge in [-0.15, -0.1) is 0 Å². The second kappa shape index (κ2) is 7.01. The predicted octanol–water partition coefficient (Wildman–Crippen LogP) is 0.512. The average Bonchev–Trinajstić information content (AvgIpc) is 2.34. The van der Waals surface area contributed by atoms with Crippen molar-refractivity contribution in [1.29, 1.82) is 0 Å². The number of nitrogens with one attached hydrogen (secondary N) is 2. The highest BCUT2D eigenvalue weighted by molar-refractivity contribution is 7.89. The third kappa shape index (κ3) is 5.36. The Morgan fingerprint density at radius 1 is 1.40 bits per heavy atom. The van der Waals surface area contributed by atoms with Gasteiger partial charge in [0.05, 0.1) is 10.7 Å². The molecule has 4 N–H and O–H groups in total. The molecule has 1 aromatic heterocycles. The summed E-state index contributed by atoms with van der Waals surface area (Å²) >= 11 is 0. The van der Waals surface area contributed by atoms with E-state index < -0.39 is 14.9 Å². The van der Waals surface area contributed by atoms with Crippen LogP contribution in [-0.2, 0) is 10.0 Å². The summed E-state index contributed by atoms with van der Waals surface area (Å²) in [7, 11) is -3.53. The molecule has 0 spiro atoms. The second-order valence-corrected chi connectivity index (χ2v) is 5.73. The third-order valence-electron chi connectivity index (χ3n) is 2.33. The van der Waals surface area contributed by atoms with Crippen molar-refractivity contribution in [3.63, 3.8) is 0 Å². The van der Waals surface area contributed by atoms with Gasteiger partial charge in [0, 0.05) is 19.2 Å². The minimum absolute atomic E-state index is 0.0999. The molecule has 0 aliphatic heterocycles. The van der Waals surface area contributed by atoms with Gasteiger partial charge in [-0.1, -0.05) is 0 Å². The summed E-state index contributed by atoms with van der Waals surface area (Å²) in [5, 5.41) is 21.4. The molecule has 0 amide bonds. The van der Waals surface area contributed by atoms with E-state index in [4.69, 9.17) is 5.14 Å². The maximum Gasteiger partial charge on any atom is 0.311 e. The number of anilines is 2. The van der Waals surface area contributed by atoms with Gasteiger partial charge in [0.2, 0.25) is 15.8 Å². The molecule has 10 heteroatoms. The van der Waals surface area contributed by atoms with Crippen molar-refractivity contribution in [1.82, 2.24) is 4.98 Å². The van der Waals surface area contributed by atoms with Crippen LogP contribution in [0.4, 0.5) is 17.3 Å². The molecule has 1 rings (SSSR count). The monoisotopic (exact) mass is 303 g/mol. The van der Waals surface area contributed by atoms with Gasteiger partial charge < -0.3 is 10.6 Å². The fraction of sp³-hybridized carbons (Fsp3) is 0.500. The first-order valence-corrected chi connectivity index (χ1v) is 7.68. The minimum Gasteiger partial charge on any atom is -0.370 e. The van der Waals surface area contributed by atoms with Crippen LogP contribution in [0, 0.1) is 10.1 Å². The molecule has 112 valence electrons. The summed E-state index contributed by atoms with van der Waals surface area (Å²) < 4.78 is 21.5. The molecule has 0 bridgehead atoms. The largest absolute Gasteiger partial charge is 0.370 e. The Morgan fingerprint density at radius 3 is 2.65 bits per heavy atom. The number of nitrogens with zero attached hydrogens (tertiary/aromatic N) is 2. The molecule has 0 unspecified atom stereocenters. The van der Waals surface area contributed by atoms with Crippen LogP contribution in [0.3, 0.4) is 0 Å². The van der Waals surface area contributed by atoms with Crippen LogP contribution in [0.1, 0.15) is 13.3 Å². The van der Waals surface area contributed by atoms with Gasteiger partial charge in [-0.3, -0.25) is 10.1 Å². The lowest BCUT2D eigenvalue weighted by Gasteiger charge is -2.08. The number of pyridine rings is 1. The van der Waals surface area contributed by atoms with Gasteiger partial charge in [-0.05, 0) is 19.4 Å². The highest BCUT2D eigenvalue weighted by Gasteiger charge is 2.15. The van der Waals surface area contributed by atoms with Crippen molar-refractivity contribution in [2.24, 2.45) is 5.14 Å². The molecular formula is C10H17N5O4S. The first-order chi connectivity index (χ1) is 9.33. The molecule has 0 saturated heterocycles. The molecule has 0 aliphatic rings. The molecule has 1 aromatic rings. The van der Waals surface area contributed by atoms with Crippen molar-refractivity contribution in [3.05, 3.63) is 22.2 Å². The Kier molecular flexibility index (Phi) is 5.65. The summed E-state index contributed by atoms with van der Waals surface area (Å²) in [6, 6.07) is 2.85. The van der Waals surface area contributed by atoms with E-state index in [9.17, 15) is 18.5 Å². The van der Waals surface area contributed by atoms with Crippen LogP contribution in [0.2, 0.25) is 0 Å².